The maximum Gasteiger partial charge on any atom is 0.306 e. The largest absolute Gasteiger partial charge is 0.490 e. The summed E-state index contributed by atoms with van der Waals surface area (Å²) < 4.78 is 11.3. The van der Waals surface area contributed by atoms with Gasteiger partial charge in [-0.25, -0.2) is 9.97 Å². The Kier molecular flexibility index (Phi) is 14.2. The number of aromatic nitrogens is 2. The van der Waals surface area contributed by atoms with Gasteiger partial charge in [-0.1, -0.05) is 108 Å². The van der Waals surface area contributed by atoms with E-state index in [1.165, 1.54) is 50.5 Å². The van der Waals surface area contributed by atoms with Gasteiger partial charge in [0.1, 0.15) is 18.5 Å². The van der Waals surface area contributed by atoms with Gasteiger partial charge in [0.15, 0.2) is 5.82 Å². The van der Waals surface area contributed by atoms with Gasteiger partial charge >= 0.3 is 5.97 Å². The summed E-state index contributed by atoms with van der Waals surface area (Å²) in [5.74, 6) is 1.33. The van der Waals surface area contributed by atoms with Crippen LogP contribution < -0.4 is 4.74 Å². The molecule has 3 aromatic rings. The van der Waals surface area contributed by atoms with Crippen molar-refractivity contribution in [1.29, 1.82) is 0 Å². The second kappa shape index (κ2) is 18.2. The van der Waals surface area contributed by atoms with Crippen molar-refractivity contribution in [3.8, 4) is 28.3 Å². The highest BCUT2D eigenvalue weighted by Crippen LogP contribution is 2.24. The first kappa shape index (κ1) is 31.3. The van der Waals surface area contributed by atoms with Gasteiger partial charge in [-0.15, -0.1) is 0 Å². The third-order valence-corrected chi connectivity index (χ3v) is 7.17. The number of benzene rings is 2. The SMILES string of the molecule is CCCCCCCCCc1ccc(-c2ncc(-c3ccc(OCC(C)OC(=O)CCCCCC)cc3)cn2)cc1. The smallest absolute Gasteiger partial charge is 0.306 e. The van der Waals surface area contributed by atoms with Gasteiger partial charge in [-0.3, -0.25) is 4.79 Å². The molecule has 0 aliphatic heterocycles. The molecule has 0 fully saturated rings. The first-order valence-corrected chi connectivity index (χ1v) is 15.4. The van der Waals surface area contributed by atoms with Crippen LogP contribution in [0.5, 0.6) is 5.75 Å². The van der Waals surface area contributed by atoms with Crippen LogP contribution in [0.1, 0.15) is 103 Å². The molecule has 0 N–H and O–H groups in total. The quantitative estimate of drug-likeness (QED) is 0.111. The van der Waals surface area contributed by atoms with Crippen molar-refractivity contribution in [2.45, 2.75) is 110 Å². The molecule has 1 atom stereocenters. The van der Waals surface area contributed by atoms with Gasteiger partial charge in [0.2, 0.25) is 0 Å². The maximum atomic E-state index is 12.0. The topological polar surface area (TPSA) is 61.3 Å². The molecular weight excluding hydrogens is 496 g/mol. The first-order chi connectivity index (χ1) is 19.6. The maximum absolute atomic E-state index is 12.0. The molecule has 0 bridgehead atoms. The molecule has 1 heterocycles. The van der Waals surface area contributed by atoms with Crippen LogP contribution in [0.15, 0.2) is 60.9 Å². The number of carbonyl (C=O) groups is 1. The number of carbonyl (C=O) groups excluding carboxylic acids is 1. The third-order valence-electron chi connectivity index (χ3n) is 7.17. The summed E-state index contributed by atoms with van der Waals surface area (Å²) in [5, 5.41) is 0. The predicted octanol–water partition coefficient (Wildman–Crippen LogP) is 9.38. The molecular formula is C35H48N2O3. The molecule has 1 aromatic heterocycles. The Labute approximate surface area is 241 Å². The summed E-state index contributed by atoms with van der Waals surface area (Å²) in [4.78, 5) is 21.2. The van der Waals surface area contributed by atoms with Crippen molar-refractivity contribution in [1.82, 2.24) is 9.97 Å². The van der Waals surface area contributed by atoms with Crippen LogP contribution in [0.25, 0.3) is 22.5 Å². The Morgan fingerprint density at radius 2 is 1.27 bits per heavy atom. The number of rotatable bonds is 19. The average Bonchev–Trinajstić information content (AvgIpc) is 2.98. The minimum Gasteiger partial charge on any atom is -0.490 e. The van der Waals surface area contributed by atoms with E-state index in [2.05, 4.69) is 48.1 Å². The Hall–Kier alpha value is -3.21. The van der Waals surface area contributed by atoms with E-state index in [9.17, 15) is 4.79 Å². The summed E-state index contributed by atoms with van der Waals surface area (Å²) >= 11 is 0. The highest BCUT2D eigenvalue weighted by molar-refractivity contribution is 5.69. The second-order valence-electron chi connectivity index (χ2n) is 10.8. The van der Waals surface area contributed by atoms with Crippen molar-refractivity contribution < 1.29 is 14.3 Å². The van der Waals surface area contributed by atoms with Crippen molar-refractivity contribution in [3.63, 3.8) is 0 Å². The molecule has 5 heteroatoms. The van der Waals surface area contributed by atoms with E-state index < -0.39 is 0 Å². The summed E-state index contributed by atoms with van der Waals surface area (Å²) in [5.41, 5.74) is 4.40. The molecule has 0 aliphatic rings. The van der Waals surface area contributed by atoms with E-state index in [-0.39, 0.29) is 12.1 Å². The van der Waals surface area contributed by atoms with E-state index in [0.717, 1.165) is 60.4 Å². The van der Waals surface area contributed by atoms with Gasteiger partial charge in [-0.2, -0.15) is 0 Å². The Morgan fingerprint density at radius 3 is 1.93 bits per heavy atom. The predicted molar refractivity (Wildman–Crippen MR) is 164 cm³/mol. The number of unbranched alkanes of at least 4 members (excludes halogenated alkanes) is 9. The van der Waals surface area contributed by atoms with Crippen LogP contribution in [-0.4, -0.2) is 28.6 Å². The Balaban J connectivity index is 1.41. The number of aryl methyl sites for hydroxylation is 1. The van der Waals surface area contributed by atoms with E-state index in [1.807, 2.05) is 43.6 Å². The molecule has 0 spiro atoms. The van der Waals surface area contributed by atoms with Gasteiger partial charge in [0.25, 0.3) is 0 Å². The Morgan fingerprint density at radius 1 is 0.700 bits per heavy atom. The van der Waals surface area contributed by atoms with E-state index in [1.54, 1.807) is 0 Å². The zero-order valence-electron chi connectivity index (χ0n) is 24.9. The summed E-state index contributed by atoms with van der Waals surface area (Å²) in [6, 6.07) is 16.5. The molecule has 216 valence electrons. The first-order valence-electron chi connectivity index (χ1n) is 15.4. The van der Waals surface area contributed by atoms with E-state index >= 15 is 0 Å². The number of hydrogen-bond donors (Lipinski definition) is 0. The molecule has 0 radical (unpaired) electrons. The molecule has 1 unspecified atom stereocenters. The normalized spacial score (nSPS) is 11.8. The minimum absolute atomic E-state index is 0.148. The lowest BCUT2D eigenvalue weighted by atomic mass is 10.0. The van der Waals surface area contributed by atoms with Crippen LogP contribution in [-0.2, 0) is 16.0 Å². The monoisotopic (exact) mass is 544 g/mol. The molecule has 0 saturated carbocycles. The number of ether oxygens (including phenoxy) is 2. The van der Waals surface area contributed by atoms with Crippen LogP contribution >= 0.6 is 0 Å². The number of nitrogens with zero attached hydrogens (tertiary/aromatic N) is 2. The molecule has 3 rings (SSSR count). The van der Waals surface area contributed by atoms with E-state index in [0.29, 0.717) is 13.0 Å². The minimum atomic E-state index is -0.284. The molecule has 40 heavy (non-hydrogen) atoms. The summed E-state index contributed by atoms with van der Waals surface area (Å²) in [6.45, 7) is 6.61. The zero-order chi connectivity index (χ0) is 28.4. The van der Waals surface area contributed by atoms with Crippen molar-refractivity contribution >= 4 is 5.97 Å². The van der Waals surface area contributed by atoms with Crippen LogP contribution in [0.3, 0.4) is 0 Å². The van der Waals surface area contributed by atoms with Crippen LogP contribution in [0.2, 0.25) is 0 Å². The molecule has 2 aromatic carbocycles. The fourth-order valence-electron chi connectivity index (χ4n) is 4.70. The van der Waals surface area contributed by atoms with Gasteiger partial charge in [0.05, 0.1) is 0 Å². The van der Waals surface area contributed by atoms with Crippen LogP contribution in [0, 0.1) is 0 Å². The lowest BCUT2D eigenvalue weighted by Gasteiger charge is -2.14. The average molecular weight is 545 g/mol. The standard InChI is InChI=1S/C35H48N2O3/c1-4-6-8-10-11-12-13-15-29-17-19-31(20-18-29)35-36-25-32(26-37-35)30-21-23-33(24-22-30)39-27-28(3)40-34(38)16-14-9-7-5-2/h17-26,28H,4-16,27H2,1-3H3. The summed E-state index contributed by atoms with van der Waals surface area (Å²) in [7, 11) is 0. The molecule has 0 saturated heterocycles. The van der Waals surface area contributed by atoms with Crippen molar-refractivity contribution in [2.75, 3.05) is 6.61 Å². The van der Waals surface area contributed by atoms with Crippen molar-refractivity contribution in [3.05, 3.63) is 66.5 Å². The van der Waals surface area contributed by atoms with Gasteiger partial charge in [0, 0.05) is 29.9 Å². The lowest BCUT2D eigenvalue weighted by molar-refractivity contribution is -0.149. The lowest BCUT2D eigenvalue weighted by Crippen LogP contribution is -2.21. The molecule has 0 aliphatic carbocycles. The highest BCUT2D eigenvalue weighted by atomic mass is 16.6. The van der Waals surface area contributed by atoms with E-state index in [4.69, 9.17) is 9.47 Å². The number of hydrogen-bond acceptors (Lipinski definition) is 5. The fourth-order valence-corrected chi connectivity index (χ4v) is 4.70. The van der Waals surface area contributed by atoms with Gasteiger partial charge < -0.3 is 9.47 Å². The second-order valence-corrected chi connectivity index (χ2v) is 10.8. The molecule has 0 amide bonds. The number of esters is 1. The summed E-state index contributed by atoms with van der Waals surface area (Å²) in [6.07, 6.45) is 18.7. The fraction of sp³-hybridized carbons (Fsp3) is 0.514. The Bertz CT molecular complexity index is 1090. The van der Waals surface area contributed by atoms with Crippen LogP contribution in [0.4, 0.5) is 0 Å². The third kappa shape index (κ3) is 11.5. The molecule has 5 nitrogen and oxygen atoms in total. The zero-order valence-corrected chi connectivity index (χ0v) is 24.9. The highest BCUT2D eigenvalue weighted by Gasteiger charge is 2.11. The van der Waals surface area contributed by atoms with Crippen molar-refractivity contribution in [2.24, 2.45) is 0 Å². The van der Waals surface area contributed by atoms with Gasteiger partial charge in [-0.05, 0) is 49.4 Å².